The van der Waals surface area contributed by atoms with Crippen LogP contribution < -0.4 is 10.8 Å². The zero-order valence-electron chi connectivity index (χ0n) is 22.3. The molecule has 8 nitrogen and oxygen atoms in total. The highest BCUT2D eigenvalue weighted by Crippen LogP contribution is 2.44. The number of amides is 2. The smallest absolute Gasteiger partial charge is 0.431 e. The molecule has 0 saturated carbocycles. The van der Waals surface area contributed by atoms with Crippen molar-refractivity contribution in [3.63, 3.8) is 0 Å². The number of fused-ring (bicyclic) bond motifs is 3. The third-order valence-corrected chi connectivity index (χ3v) is 6.30. The van der Waals surface area contributed by atoms with Crippen molar-refractivity contribution >= 4 is 18.5 Å². The van der Waals surface area contributed by atoms with Crippen LogP contribution in [0.25, 0.3) is 11.1 Å². The van der Waals surface area contributed by atoms with Crippen LogP contribution in [0.2, 0.25) is 0 Å². The van der Waals surface area contributed by atoms with E-state index in [0.29, 0.717) is 6.29 Å². The number of hydroxylamine groups is 1. The summed E-state index contributed by atoms with van der Waals surface area (Å²) in [6.07, 6.45) is -3.29. The average molecular weight is 553 g/mol. The van der Waals surface area contributed by atoms with Crippen LogP contribution in [0.3, 0.4) is 0 Å². The van der Waals surface area contributed by atoms with Crippen molar-refractivity contribution in [3.8, 4) is 11.1 Å². The second-order valence-corrected chi connectivity index (χ2v) is 10.3. The van der Waals surface area contributed by atoms with E-state index in [-0.39, 0.29) is 24.5 Å². The number of benzene rings is 3. The first kappa shape index (κ1) is 28.7. The molecular weight excluding hydrogens is 522 g/mol. The minimum Gasteiger partial charge on any atom is -0.447 e. The molecule has 0 bridgehead atoms. The minimum absolute atomic E-state index is 0.0177. The SMILES string of the molecule is CC(C)(C)OC(=O)NC(CC=O)C(ONC(=O)OCC1c2ccccc2-c2ccccc21)c1cc(F)ccc1F. The number of aldehydes is 1. The summed E-state index contributed by atoms with van der Waals surface area (Å²) in [4.78, 5) is 42.0. The van der Waals surface area contributed by atoms with E-state index in [1.807, 2.05) is 48.5 Å². The van der Waals surface area contributed by atoms with Gasteiger partial charge in [-0.2, -0.15) is 5.48 Å². The quantitative estimate of drug-likeness (QED) is 0.251. The number of carbonyl (C=O) groups is 3. The third kappa shape index (κ3) is 6.81. The summed E-state index contributed by atoms with van der Waals surface area (Å²) in [6.45, 7) is 4.90. The van der Waals surface area contributed by atoms with Crippen molar-refractivity contribution in [2.75, 3.05) is 6.61 Å². The maximum Gasteiger partial charge on any atom is 0.431 e. The maximum absolute atomic E-state index is 14.8. The predicted molar refractivity (Wildman–Crippen MR) is 142 cm³/mol. The maximum atomic E-state index is 14.8. The van der Waals surface area contributed by atoms with Gasteiger partial charge in [-0.1, -0.05) is 48.5 Å². The number of hydrogen-bond donors (Lipinski definition) is 2. The van der Waals surface area contributed by atoms with Crippen LogP contribution in [-0.2, 0) is 19.1 Å². The Morgan fingerprint density at radius 3 is 2.17 bits per heavy atom. The molecule has 2 atom stereocenters. The summed E-state index contributed by atoms with van der Waals surface area (Å²) < 4.78 is 39.5. The van der Waals surface area contributed by atoms with Crippen molar-refractivity contribution in [3.05, 3.63) is 95.1 Å². The van der Waals surface area contributed by atoms with Crippen LogP contribution in [0.4, 0.5) is 18.4 Å². The molecule has 0 radical (unpaired) electrons. The zero-order chi connectivity index (χ0) is 28.9. The Kier molecular flexibility index (Phi) is 8.79. The van der Waals surface area contributed by atoms with Gasteiger partial charge in [-0.3, -0.25) is 4.84 Å². The predicted octanol–water partition coefficient (Wildman–Crippen LogP) is 5.96. The Morgan fingerprint density at radius 1 is 0.950 bits per heavy atom. The zero-order valence-corrected chi connectivity index (χ0v) is 22.3. The van der Waals surface area contributed by atoms with Gasteiger partial charge >= 0.3 is 12.2 Å². The van der Waals surface area contributed by atoms with Crippen LogP contribution >= 0.6 is 0 Å². The lowest BCUT2D eigenvalue weighted by Crippen LogP contribution is -2.45. The molecule has 1 aliphatic carbocycles. The van der Waals surface area contributed by atoms with E-state index in [9.17, 15) is 23.2 Å². The van der Waals surface area contributed by atoms with Gasteiger partial charge in [0.2, 0.25) is 0 Å². The molecule has 40 heavy (non-hydrogen) atoms. The number of nitrogens with one attached hydrogen (secondary N) is 2. The molecule has 3 aromatic carbocycles. The molecule has 0 heterocycles. The molecule has 2 N–H and O–H groups in total. The lowest BCUT2D eigenvalue weighted by molar-refractivity contribution is -0.110. The molecule has 4 rings (SSSR count). The summed E-state index contributed by atoms with van der Waals surface area (Å²) in [5, 5.41) is 2.44. The third-order valence-electron chi connectivity index (χ3n) is 6.30. The van der Waals surface area contributed by atoms with Crippen LogP contribution in [-0.4, -0.2) is 36.7 Å². The number of alkyl carbamates (subject to hydrolysis) is 1. The Balaban J connectivity index is 1.49. The normalized spacial score (nSPS) is 13.9. The van der Waals surface area contributed by atoms with Crippen molar-refractivity contribution in [2.45, 2.75) is 50.9 Å². The van der Waals surface area contributed by atoms with Crippen LogP contribution in [0.15, 0.2) is 66.7 Å². The Labute approximate surface area is 230 Å². The Morgan fingerprint density at radius 2 is 1.57 bits per heavy atom. The topological polar surface area (TPSA) is 103 Å². The highest BCUT2D eigenvalue weighted by Gasteiger charge is 2.32. The van der Waals surface area contributed by atoms with Crippen LogP contribution in [0, 0.1) is 11.6 Å². The summed E-state index contributed by atoms with van der Waals surface area (Å²) >= 11 is 0. The van der Waals surface area contributed by atoms with Crippen molar-refractivity contribution < 1.29 is 37.5 Å². The fourth-order valence-corrected chi connectivity index (χ4v) is 4.66. The fraction of sp³-hybridized carbons (Fsp3) is 0.300. The molecule has 0 aliphatic heterocycles. The van der Waals surface area contributed by atoms with Gasteiger partial charge < -0.3 is 19.6 Å². The molecule has 2 unspecified atom stereocenters. The number of rotatable bonds is 9. The van der Waals surface area contributed by atoms with Crippen molar-refractivity contribution in [1.82, 2.24) is 10.8 Å². The summed E-state index contributed by atoms with van der Waals surface area (Å²) in [5.41, 5.74) is 5.02. The Bertz CT molecular complexity index is 1350. The Hall–Kier alpha value is -4.31. The number of ether oxygens (including phenoxy) is 2. The number of carbonyl (C=O) groups excluding carboxylic acids is 3. The van der Waals surface area contributed by atoms with E-state index >= 15 is 0 Å². The lowest BCUT2D eigenvalue weighted by atomic mass is 9.98. The molecule has 2 amide bonds. The molecule has 0 spiro atoms. The van der Waals surface area contributed by atoms with Gasteiger partial charge in [-0.25, -0.2) is 18.4 Å². The van der Waals surface area contributed by atoms with Gasteiger partial charge in [-0.15, -0.1) is 0 Å². The second-order valence-electron chi connectivity index (χ2n) is 10.3. The van der Waals surface area contributed by atoms with Crippen LogP contribution in [0.5, 0.6) is 0 Å². The van der Waals surface area contributed by atoms with Crippen LogP contribution in [0.1, 0.15) is 55.9 Å². The summed E-state index contributed by atoms with van der Waals surface area (Å²) in [5.74, 6) is -1.87. The van der Waals surface area contributed by atoms with E-state index in [0.717, 1.165) is 40.5 Å². The standard InChI is InChI=1S/C30H30F2N2O6/c1-30(2,3)39-28(36)33-26(14-15-35)27(23-16-18(31)12-13-25(23)32)40-34-29(37)38-17-24-21-10-6-4-8-19(21)20-9-5-7-11-22(20)24/h4-13,15-16,24,26-27H,14,17H2,1-3H3,(H,33,36)(H,34,37). The molecule has 210 valence electrons. The molecular formula is C30H30F2N2O6. The largest absolute Gasteiger partial charge is 0.447 e. The highest BCUT2D eigenvalue weighted by atomic mass is 19.1. The monoisotopic (exact) mass is 552 g/mol. The van der Waals surface area contributed by atoms with Gasteiger partial charge in [0.25, 0.3) is 0 Å². The molecule has 10 heteroatoms. The van der Waals surface area contributed by atoms with E-state index in [1.54, 1.807) is 20.8 Å². The average Bonchev–Trinajstić information content (AvgIpc) is 3.22. The molecule has 0 aromatic heterocycles. The first-order valence-corrected chi connectivity index (χ1v) is 12.7. The summed E-state index contributed by atoms with van der Waals surface area (Å²) in [7, 11) is 0. The fourth-order valence-electron chi connectivity index (χ4n) is 4.66. The lowest BCUT2D eigenvalue weighted by Gasteiger charge is -2.28. The minimum atomic E-state index is -1.51. The molecule has 1 aliphatic rings. The van der Waals surface area contributed by atoms with Crippen molar-refractivity contribution in [2.24, 2.45) is 0 Å². The summed E-state index contributed by atoms with van der Waals surface area (Å²) in [6, 6.07) is 17.0. The molecule has 0 fully saturated rings. The second kappa shape index (κ2) is 12.3. The van der Waals surface area contributed by atoms with E-state index in [4.69, 9.17) is 14.3 Å². The van der Waals surface area contributed by atoms with Gasteiger partial charge in [0.05, 0.1) is 6.04 Å². The van der Waals surface area contributed by atoms with Crippen molar-refractivity contribution in [1.29, 1.82) is 0 Å². The van der Waals surface area contributed by atoms with E-state index in [2.05, 4.69) is 10.8 Å². The number of halogens is 2. The van der Waals surface area contributed by atoms with Gasteiger partial charge in [-0.05, 0) is 61.2 Å². The van der Waals surface area contributed by atoms with Gasteiger partial charge in [0.15, 0.2) is 0 Å². The van der Waals surface area contributed by atoms with Gasteiger partial charge in [0, 0.05) is 17.9 Å². The highest BCUT2D eigenvalue weighted by molar-refractivity contribution is 5.79. The molecule has 3 aromatic rings. The van der Waals surface area contributed by atoms with Gasteiger partial charge in [0.1, 0.15) is 36.2 Å². The number of hydrogen-bond acceptors (Lipinski definition) is 6. The van der Waals surface area contributed by atoms with E-state index < -0.39 is 41.6 Å². The van der Waals surface area contributed by atoms with E-state index in [1.165, 1.54) is 0 Å². The molecule has 0 saturated heterocycles. The first-order valence-electron chi connectivity index (χ1n) is 12.7. The first-order chi connectivity index (χ1) is 19.1.